The number of halogens is 2. The summed E-state index contributed by atoms with van der Waals surface area (Å²) in [5.74, 6) is 0.634. The number of thiophene rings is 1. The van der Waals surface area contributed by atoms with Crippen LogP contribution in [0.5, 0.6) is 0 Å². The van der Waals surface area contributed by atoms with Gasteiger partial charge >= 0.3 is 0 Å². The second-order valence-electron chi connectivity index (χ2n) is 3.76. The van der Waals surface area contributed by atoms with Crippen molar-refractivity contribution in [2.45, 2.75) is 21.9 Å². The van der Waals surface area contributed by atoms with E-state index in [1.54, 1.807) is 11.4 Å². The Morgan fingerprint density at radius 3 is 2.75 bits per heavy atom. The van der Waals surface area contributed by atoms with Crippen molar-refractivity contribution < 1.29 is 8.42 Å². The smallest absolute Gasteiger partial charge is 0.209 e. The van der Waals surface area contributed by atoms with E-state index < -0.39 is 10.0 Å². The first kappa shape index (κ1) is 13.0. The number of sulfonamides is 1. The minimum absolute atomic E-state index is 0.251. The Labute approximate surface area is 116 Å². The lowest BCUT2D eigenvalue weighted by Gasteiger charge is -2.09. The summed E-state index contributed by atoms with van der Waals surface area (Å²) in [6.45, 7) is 0.456. The molecule has 0 aliphatic heterocycles. The maximum absolute atomic E-state index is 11.9. The van der Waals surface area contributed by atoms with E-state index >= 15 is 0 Å². The summed E-state index contributed by atoms with van der Waals surface area (Å²) in [7, 11) is -3.36. The Balaban J connectivity index is 2.00. The lowest BCUT2D eigenvalue weighted by Crippen LogP contribution is -2.30. The zero-order valence-electron chi connectivity index (χ0n) is 8.32. The molecule has 1 aromatic rings. The minimum atomic E-state index is -3.36. The summed E-state index contributed by atoms with van der Waals surface area (Å²) in [4.78, 5) is 0.251. The van der Waals surface area contributed by atoms with Gasteiger partial charge in [-0.15, -0.1) is 11.3 Å². The van der Waals surface area contributed by atoms with Crippen LogP contribution in [0, 0.1) is 5.92 Å². The van der Waals surface area contributed by atoms with E-state index in [0.717, 1.165) is 0 Å². The summed E-state index contributed by atoms with van der Waals surface area (Å²) >= 11 is 7.95. The summed E-state index contributed by atoms with van der Waals surface area (Å²) < 4.78 is 27.4. The van der Waals surface area contributed by atoms with Crippen molar-refractivity contribution >= 4 is 53.2 Å². The highest BCUT2D eigenvalue weighted by atomic mass is 79.9. The fourth-order valence-electron chi connectivity index (χ4n) is 1.35. The molecule has 1 unspecified atom stereocenters. The lowest BCUT2D eigenvalue weighted by molar-refractivity contribution is 0.579. The van der Waals surface area contributed by atoms with Crippen LogP contribution in [-0.2, 0) is 10.0 Å². The Hall–Kier alpha value is 0.570. The van der Waals surface area contributed by atoms with Crippen LogP contribution in [0.2, 0.25) is 0 Å². The largest absolute Gasteiger partial charge is 0.251 e. The minimum Gasteiger partial charge on any atom is -0.209 e. The normalized spacial score (nSPS) is 18.6. The van der Waals surface area contributed by atoms with Crippen molar-refractivity contribution in [3.63, 3.8) is 0 Å². The molecule has 2 rings (SSSR count). The molecule has 3 nitrogen and oxygen atoms in total. The van der Waals surface area contributed by atoms with Crippen molar-refractivity contribution in [1.82, 2.24) is 4.72 Å². The highest BCUT2D eigenvalue weighted by molar-refractivity contribution is 9.10. The zero-order chi connectivity index (χ0) is 11.8. The molecule has 1 aliphatic carbocycles. The molecule has 0 spiro atoms. The van der Waals surface area contributed by atoms with Crippen LogP contribution >= 0.6 is 43.2 Å². The first-order valence-corrected chi connectivity index (χ1v) is 8.94. The van der Waals surface area contributed by atoms with Gasteiger partial charge in [-0.3, -0.25) is 0 Å². The second-order valence-corrected chi connectivity index (χ2v) is 8.67. The third-order valence-electron chi connectivity index (χ3n) is 2.43. The summed E-state index contributed by atoms with van der Waals surface area (Å²) in [5.41, 5.74) is 0. The van der Waals surface area contributed by atoms with Crippen LogP contribution in [0.4, 0.5) is 0 Å². The molecule has 1 aliphatic rings. The number of hydrogen-bond donors (Lipinski definition) is 1. The molecular weight excluding hydrogens is 378 g/mol. The third kappa shape index (κ3) is 3.07. The van der Waals surface area contributed by atoms with Crippen molar-refractivity contribution in [3.05, 3.63) is 15.9 Å². The van der Waals surface area contributed by atoms with Crippen LogP contribution in [0.25, 0.3) is 0 Å². The topological polar surface area (TPSA) is 46.2 Å². The van der Waals surface area contributed by atoms with Gasteiger partial charge in [-0.2, -0.15) is 0 Å². The molecule has 1 N–H and O–H groups in total. The summed E-state index contributed by atoms with van der Waals surface area (Å²) in [6, 6.07) is 1.74. The van der Waals surface area contributed by atoms with Gasteiger partial charge in [-0.25, -0.2) is 13.1 Å². The Morgan fingerprint density at radius 1 is 1.56 bits per heavy atom. The van der Waals surface area contributed by atoms with Gasteiger partial charge in [-0.05, 0) is 46.1 Å². The molecule has 1 atom stereocenters. The van der Waals surface area contributed by atoms with E-state index in [1.165, 1.54) is 24.2 Å². The predicted molar refractivity (Wildman–Crippen MR) is 72.6 cm³/mol. The number of alkyl halides is 1. The van der Waals surface area contributed by atoms with Crippen LogP contribution in [-0.4, -0.2) is 19.8 Å². The van der Waals surface area contributed by atoms with Crippen LogP contribution < -0.4 is 4.72 Å². The average Bonchev–Trinajstić information content (AvgIpc) is 2.98. The Kier molecular flexibility index (Phi) is 4.11. The van der Waals surface area contributed by atoms with E-state index in [2.05, 4.69) is 36.6 Å². The molecule has 0 bridgehead atoms. The molecule has 1 fully saturated rings. The van der Waals surface area contributed by atoms with Gasteiger partial charge in [-0.1, -0.05) is 15.9 Å². The molecule has 0 aromatic carbocycles. The second kappa shape index (κ2) is 5.06. The van der Waals surface area contributed by atoms with Gasteiger partial charge in [0.15, 0.2) is 0 Å². The van der Waals surface area contributed by atoms with Crippen molar-refractivity contribution in [3.8, 4) is 0 Å². The zero-order valence-corrected chi connectivity index (χ0v) is 13.1. The average molecular weight is 389 g/mol. The van der Waals surface area contributed by atoms with Crippen LogP contribution in [0.15, 0.2) is 20.1 Å². The van der Waals surface area contributed by atoms with Gasteiger partial charge in [0.2, 0.25) is 0 Å². The van der Waals surface area contributed by atoms with E-state index in [-0.39, 0.29) is 4.83 Å². The summed E-state index contributed by atoms with van der Waals surface area (Å²) in [6.07, 6.45) is 2.39. The van der Waals surface area contributed by atoms with Crippen LogP contribution in [0.1, 0.15) is 12.8 Å². The Bertz CT molecular complexity index is 468. The predicted octanol–water partition coefficient (Wildman–Crippen LogP) is 2.96. The third-order valence-corrected chi connectivity index (χ3v) is 7.60. The number of rotatable bonds is 5. The molecule has 1 heterocycles. The molecule has 7 heteroatoms. The molecule has 1 aromatic heterocycles. The fraction of sp³-hybridized carbons (Fsp3) is 0.556. The Morgan fingerprint density at radius 2 is 2.25 bits per heavy atom. The molecule has 0 saturated heterocycles. The van der Waals surface area contributed by atoms with Gasteiger partial charge in [0.25, 0.3) is 10.0 Å². The number of hydrogen-bond acceptors (Lipinski definition) is 3. The molecule has 90 valence electrons. The fourth-order valence-corrected chi connectivity index (χ4v) is 5.70. The van der Waals surface area contributed by atoms with Gasteiger partial charge in [0, 0.05) is 15.8 Å². The maximum atomic E-state index is 11.9. The number of nitrogens with one attached hydrogen (secondary N) is 1. The first-order valence-electron chi connectivity index (χ1n) is 4.87. The van der Waals surface area contributed by atoms with Gasteiger partial charge < -0.3 is 0 Å². The van der Waals surface area contributed by atoms with Crippen molar-refractivity contribution in [2.24, 2.45) is 5.92 Å². The maximum Gasteiger partial charge on any atom is 0.251 e. The highest BCUT2D eigenvalue weighted by Gasteiger charge is 2.30. The molecular formula is C9H11Br2NO2S2. The molecule has 16 heavy (non-hydrogen) atoms. The van der Waals surface area contributed by atoms with Crippen LogP contribution in [0.3, 0.4) is 0 Å². The quantitative estimate of drug-likeness (QED) is 0.788. The SMILES string of the molecule is O=S(=O)(NCC(Br)C1CC1)c1sccc1Br. The van der Waals surface area contributed by atoms with Crippen molar-refractivity contribution in [2.75, 3.05) is 6.54 Å². The van der Waals surface area contributed by atoms with Gasteiger partial charge in [0.05, 0.1) is 0 Å². The molecule has 1 saturated carbocycles. The van der Waals surface area contributed by atoms with E-state index in [4.69, 9.17) is 0 Å². The standard InChI is InChI=1S/C9H11Br2NO2S2/c10-7-3-4-15-9(7)16(13,14)12-5-8(11)6-1-2-6/h3-4,6,8,12H,1-2,5H2. The monoisotopic (exact) mass is 387 g/mol. The van der Waals surface area contributed by atoms with E-state index in [0.29, 0.717) is 21.1 Å². The van der Waals surface area contributed by atoms with E-state index in [1.807, 2.05) is 0 Å². The lowest BCUT2D eigenvalue weighted by atomic mass is 10.3. The summed E-state index contributed by atoms with van der Waals surface area (Å²) in [5, 5.41) is 1.76. The molecule has 0 amide bonds. The first-order chi connectivity index (χ1) is 7.50. The molecule has 0 radical (unpaired) electrons. The van der Waals surface area contributed by atoms with Gasteiger partial charge in [0.1, 0.15) is 4.21 Å². The highest BCUT2D eigenvalue weighted by Crippen LogP contribution is 2.36. The van der Waals surface area contributed by atoms with Crippen molar-refractivity contribution in [1.29, 1.82) is 0 Å². The van der Waals surface area contributed by atoms with E-state index in [9.17, 15) is 8.42 Å².